The van der Waals surface area contributed by atoms with Gasteiger partial charge in [0.2, 0.25) is 0 Å². The van der Waals surface area contributed by atoms with E-state index in [0.29, 0.717) is 36.4 Å². The van der Waals surface area contributed by atoms with Crippen LogP contribution in [0, 0.1) is 46.3 Å². The van der Waals surface area contributed by atoms with Crippen LogP contribution in [0.25, 0.3) is 0 Å². The van der Waals surface area contributed by atoms with Crippen molar-refractivity contribution in [2.75, 3.05) is 7.11 Å². The van der Waals surface area contributed by atoms with Gasteiger partial charge in [0.15, 0.2) is 11.6 Å². The Morgan fingerprint density at radius 1 is 1.20 bits per heavy atom. The molecule has 30 heavy (non-hydrogen) atoms. The number of ketones is 2. The van der Waals surface area contributed by atoms with E-state index in [0.717, 1.165) is 32.1 Å². The largest absolute Gasteiger partial charge is 0.469 e. The maximum atomic E-state index is 14.3. The van der Waals surface area contributed by atoms with Crippen LogP contribution >= 0.6 is 0 Å². The average molecular weight is 419 g/mol. The van der Waals surface area contributed by atoms with Gasteiger partial charge in [-0.25, -0.2) is 4.39 Å². The molecule has 5 heteroatoms. The van der Waals surface area contributed by atoms with Gasteiger partial charge in [0.25, 0.3) is 0 Å². The number of hydrogen-bond donors (Lipinski definition) is 0. The Balaban J connectivity index is 1.58. The third-order valence-corrected chi connectivity index (χ3v) is 9.70. The smallest absolute Gasteiger partial charge is 0.305 e. The lowest BCUT2D eigenvalue weighted by molar-refractivity contribution is -0.150. The first-order valence-electron chi connectivity index (χ1n) is 11.6. The van der Waals surface area contributed by atoms with Gasteiger partial charge in [-0.1, -0.05) is 20.8 Å². The topological polar surface area (TPSA) is 60.4 Å². The number of hydrogen-bond acceptors (Lipinski definition) is 4. The summed E-state index contributed by atoms with van der Waals surface area (Å²) in [5, 5.41) is 0. The van der Waals surface area contributed by atoms with Gasteiger partial charge in [-0.3, -0.25) is 14.4 Å². The first-order chi connectivity index (χ1) is 14.1. The summed E-state index contributed by atoms with van der Waals surface area (Å²) < 4.78 is 19.1. The molecule has 0 spiro atoms. The van der Waals surface area contributed by atoms with Gasteiger partial charge in [0.05, 0.1) is 7.11 Å². The highest BCUT2D eigenvalue weighted by Crippen LogP contribution is 2.67. The molecule has 3 saturated carbocycles. The Labute approximate surface area is 179 Å². The van der Waals surface area contributed by atoms with E-state index in [1.807, 2.05) is 0 Å². The summed E-state index contributed by atoms with van der Waals surface area (Å²) >= 11 is 0. The lowest BCUT2D eigenvalue weighted by Gasteiger charge is -2.58. The first-order valence-corrected chi connectivity index (χ1v) is 11.6. The minimum atomic E-state index is -0.601. The number of methoxy groups -OCH3 is 1. The lowest BCUT2D eigenvalue weighted by atomic mass is 9.45. The van der Waals surface area contributed by atoms with Gasteiger partial charge < -0.3 is 4.74 Å². The van der Waals surface area contributed by atoms with E-state index in [4.69, 9.17) is 4.74 Å². The van der Waals surface area contributed by atoms with Crippen LogP contribution in [0.3, 0.4) is 0 Å². The molecule has 0 amide bonds. The molecule has 3 fully saturated rings. The lowest BCUT2D eigenvalue weighted by Crippen LogP contribution is -2.56. The highest BCUT2D eigenvalue weighted by molar-refractivity contribution is 5.95. The van der Waals surface area contributed by atoms with Gasteiger partial charge in [-0.2, -0.15) is 0 Å². The third-order valence-electron chi connectivity index (χ3n) is 9.70. The van der Waals surface area contributed by atoms with Crippen LogP contribution in [0.2, 0.25) is 0 Å². The standard InChI is InChI=1S/C25H35FO4/c1-14(5-8-22(29)30-4)16-6-7-17-23-18(9-10-24(16,17)2)25(3)13-19(26)20(27)11-15(25)12-21(23)28/h13-18,23H,5-12H2,1-4H3/t14-,15+,16-,17?,18?,23?,24-,25+/m1/s1. The van der Waals surface area contributed by atoms with Crippen LogP contribution in [0.1, 0.15) is 72.1 Å². The molecular formula is C25H35FO4. The molecule has 4 nitrogen and oxygen atoms in total. The zero-order chi connectivity index (χ0) is 21.8. The van der Waals surface area contributed by atoms with Gasteiger partial charge in [0.1, 0.15) is 5.78 Å². The maximum absolute atomic E-state index is 14.3. The number of fused-ring (bicyclic) bond motifs is 5. The monoisotopic (exact) mass is 418 g/mol. The van der Waals surface area contributed by atoms with E-state index in [1.165, 1.54) is 7.11 Å². The van der Waals surface area contributed by atoms with Crippen molar-refractivity contribution < 1.29 is 23.5 Å². The zero-order valence-electron chi connectivity index (χ0n) is 18.7. The number of carbonyl (C=O) groups excluding carboxylic acids is 3. The fraction of sp³-hybridized carbons (Fsp3) is 0.800. The number of Topliss-reactive ketones (excluding diaryl/α,β-unsaturated/α-hetero) is 2. The van der Waals surface area contributed by atoms with Crippen molar-refractivity contribution in [2.24, 2.45) is 46.3 Å². The van der Waals surface area contributed by atoms with E-state index in [2.05, 4.69) is 20.8 Å². The Morgan fingerprint density at radius 3 is 2.63 bits per heavy atom. The number of carbonyl (C=O) groups is 3. The summed E-state index contributed by atoms with van der Waals surface area (Å²) in [5.74, 6) is 0.358. The molecule has 0 aromatic rings. The zero-order valence-corrected chi connectivity index (χ0v) is 18.7. The van der Waals surface area contributed by atoms with Crippen LogP contribution in [-0.4, -0.2) is 24.6 Å². The van der Waals surface area contributed by atoms with Crippen LogP contribution < -0.4 is 0 Å². The van der Waals surface area contributed by atoms with E-state index in [1.54, 1.807) is 6.08 Å². The van der Waals surface area contributed by atoms with Crippen LogP contribution in [0.4, 0.5) is 4.39 Å². The Hall–Kier alpha value is -1.52. The molecule has 0 aromatic heterocycles. The van der Waals surface area contributed by atoms with E-state index in [9.17, 15) is 18.8 Å². The van der Waals surface area contributed by atoms with Crippen molar-refractivity contribution in [3.8, 4) is 0 Å². The third kappa shape index (κ3) is 3.18. The number of allylic oxidation sites excluding steroid dienone is 2. The maximum Gasteiger partial charge on any atom is 0.305 e. The summed E-state index contributed by atoms with van der Waals surface area (Å²) in [6.45, 7) is 6.67. The molecule has 0 saturated heterocycles. The van der Waals surface area contributed by atoms with E-state index >= 15 is 0 Å². The highest BCUT2D eigenvalue weighted by atomic mass is 19.1. The highest BCUT2D eigenvalue weighted by Gasteiger charge is 2.63. The molecule has 0 heterocycles. The van der Waals surface area contributed by atoms with Crippen LogP contribution in [0.5, 0.6) is 0 Å². The second-order valence-corrected chi connectivity index (χ2v) is 10.9. The molecule has 0 aromatic carbocycles. The van der Waals surface area contributed by atoms with Gasteiger partial charge in [0, 0.05) is 25.2 Å². The Morgan fingerprint density at radius 2 is 1.93 bits per heavy atom. The number of esters is 1. The predicted molar refractivity (Wildman–Crippen MR) is 111 cm³/mol. The van der Waals surface area contributed by atoms with Crippen molar-refractivity contribution >= 4 is 17.5 Å². The summed E-state index contributed by atoms with van der Waals surface area (Å²) in [5.41, 5.74) is -0.311. The van der Waals surface area contributed by atoms with Gasteiger partial charge in [-0.05, 0) is 78.6 Å². The Kier molecular flexibility index (Phi) is 5.47. The molecule has 166 valence electrons. The number of halogens is 1. The molecule has 4 aliphatic carbocycles. The molecule has 3 unspecified atom stereocenters. The normalized spacial score (nSPS) is 43.9. The molecule has 0 radical (unpaired) electrons. The fourth-order valence-electron chi connectivity index (χ4n) is 8.00. The molecule has 8 atom stereocenters. The number of ether oxygens (including phenoxy) is 1. The second-order valence-electron chi connectivity index (χ2n) is 10.9. The van der Waals surface area contributed by atoms with E-state index < -0.39 is 17.0 Å². The van der Waals surface area contributed by atoms with Crippen molar-refractivity contribution in [1.82, 2.24) is 0 Å². The summed E-state index contributed by atoms with van der Waals surface area (Å²) in [6, 6.07) is 0. The SMILES string of the molecule is COC(=O)CC[C@@H](C)[C@H]1CCC2C3C(=O)C[C@@H]4CC(=O)C(F)=C[C@]4(C)C3CC[C@@]21C. The summed E-state index contributed by atoms with van der Waals surface area (Å²) in [4.78, 5) is 36.9. The molecular weight excluding hydrogens is 383 g/mol. The predicted octanol–water partition coefficient (Wildman–Crippen LogP) is 5.06. The molecule has 0 aliphatic heterocycles. The second kappa shape index (κ2) is 7.56. The fourth-order valence-corrected chi connectivity index (χ4v) is 8.00. The van der Waals surface area contributed by atoms with Gasteiger partial charge in [-0.15, -0.1) is 0 Å². The van der Waals surface area contributed by atoms with E-state index in [-0.39, 0.29) is 35.6 Å². The molecule has 4 aliphatic rings. The van der Waals surface area contributed by atoms with Crippen molar-refractivity contribution in [3.05, 3.63) is 11.9 Å². The minimum Gasteiger partial charge on any atom is -0.469 e. The molecule has 0 N–H and O–H groups in total. The number of rotatable bonds is 4. The molecule has 4 rings (SSSR count). The van der Waals surface area contributed by atoms with Crippen molar-refractivity contribution in [2.45, 2.75) is 72.1 Å². The average Bonchev–Trinajstić information content (AvgIpc) is 3.05. The van der Waals surface area contributed by atoms with Gasteiger partial charge >= 0.3 is 5.97 Å². The first kappa shape index (κ1) is 21.7. The van der Waals surface area contributed by atoms with Crippen molar-refractivity contribution in [1.29, 1.82) is 0 Å². The summed E-state index contributed by atoms with van der Waals surface area (Å²) in [7, 11) is 1.43. The van der Waals surface area contributed by atoms with Crippen molar-refractivity contribution in [3.63, 3.8) is 0 Å². The quantitative estimate of drug-likeness (QED) is 0.599. The molecule has 0 bridgehead atoms. The Bertz CT molecular complexity index is 788. The van der Waals surface area contributed by atoms with Crippen LogP contribution in [0.15, 0.2) is 11.9 Å². The van der Waals surface area contributed by atoms with Crippen LogP contribution in [-0.2, 0) is 19.1 Å². The summed E-state index contributed by atoms with van der Waals surface area (Å²) in [6.07, 6.45) is 7.47. The minimum absolute atomic E-state index is 0.0277.